The number of halogens is 2. The second-order valence-electron chi connectivity index (χ2n) is 6.85. The molecule has 0 bridgehead atoms. The molecule has 7 nitrogen and oxygen atoms in total. The molecule has 1 aliphatic rings. The Morgan fingerprint density at radius 3 is 2.73 bits per heavy atom. The van der Waals surface area contributed by atoms with E-state index in [4.69, 9.17) is 0 Å². The summed E-state index contributed by atoms with van der Waals surface area (Å²) in [5.41, 5.74) is 0.997. The number of rotatable bonds is 6. The maximum atomic E-state index is 13.4. The van der Waals surface area contributed by atoms with Crippen LogP contribution >= 0.6 is 27.3 Å². The Labute approximate surface area is 185 Å². The van der Waals surface area contributed by atoms with Crippen molar-refractivity contribution in [2.24, 2.45) is 0 Å². The van der Waals surface area contributed by atoms with Gasteiger partial charge in [0.1, 0.15) is 16.5 Å². The van der Waals surface area contributed by atoms with E-state index in [1.54, 1.807) is 29.4 Å². The van der Waals surface area contributed by atoms with Gasteiger partial charge in [0.2, 0.25) is 5.95 Å². The maximum absolute atomic E-state index is 13.4. The molecule has 1 amide bonds. The van der Waals surface area contributed by atoms with Crippen LogP contribution in [0.2, 0.25) is 0 Å². The van der Waals surface area contributed by atoms with Crippen LogP contribution in [-0.2, 0) is 6.61 Å². The monoisotopic (exact) mass is 491 g/mol. The molecule has 0 saturated carbocycles. The van der Waals surface area contributed by atoms with Crippen molar-refractivity contribution in [3.8, 4) is 10.4 Å². The average molecular weight is 492 g/mol. The van der Waals surface area contributed by atoms with Crippen molar-refractivity contribution in [2.45, 2.75) is 25.5 Å². The fourth-order valence-electron chi connectivity index (χ4n) is 3.44. The van der Waals surface area contributed by atoms with Gasteiger partial charge < -0.3 is 15.3 Å². The van der Waals surface area contributed by atoms with Crippen LogP contribution in [0.15, 0.2) is 41.1 Å². The molecule has 0 radical (unpaired) electrons. The largest absolute Gasteiger partial charge is 0.389 e. The van der Waals surface area contributed by atoms with Crippen molar-refractivity contribution < 1.29 is 14.3 Å². The zero-order valence-electron chi connectivity index (χ0n) is 15.9. The third kappa shape index (κ3) is 4.50. The second kappa shape index (κ2) is 9.15. The van der Waals surface area contributed by atoms with E-state index in [9.17, 15) is 14.3 Å². The van der Waals surface area contributed by atoms with E-state index in [1.165, 1.54) is 23.5 Å². The van der Waals surface area contributed by atoms with Gasteiger partial charge in [0.25, 0.3) is 5.91 Å². The molecule has 3 aromatic rings. The molecule has 2 N–H and O–H groups in total. The Morgan fingerprint density at radius 2 is 2.03 bits per heavy atom. The number of aromatic nitrogens is 3. The molecule has 1 saturated heterocycles. The molecule has 0 spiro atoms. The van der Waals surface area contributed by atoms with Crippen LogP contribution in [0.25, 0.3) is 10.4 Å². The maximum Gasteiger partial charge on any atom is 0.274 e. The summed E-state index contributed by atoms with van der Waals surface area (Å²) in [5, 5.41) is 13.2. The van der Waals surface area contributed by atoms with E-state index < -0.39 is 0 Å². The number of likely N-dealkylation sites (tertiary alicyclic amines) is 1. The lowest BCUT2D eigenvalue weighted by Crippen LogP contribution is -2.40. The van der Waals surface area contributed by atoms with Crippen molar-refractivity contribution in [3.05, 3.63) is 57.7 Å². The molecule has 0 unspecified atom stereocenters. The highest BCUT2D eigenvalue weighted by Crippen LogP contribution is 2.33. The first-order chi connectivity index (χ1) is 14.5. The van der Waals surface area contributed by atoms with Crippen molar-refractivity contribution in [2.75, 3.05) is 18.4 Å². The minimum absolute atomic E-state index is 0.0231. The molecule has 30 heavy (non-hydrogen) atoms. The Balaban J connectivity index is 1.54. The van der Waals surface area contributed by atoms with Crippen LogP contribution in [0.4, 0.5) is 10.3 Å². The fraction of sp³-hybridized carbons (Fsp3) is 0.300. The smallest absolute Gasteiger partial charge is 0.274 e. The van der Waals surface area contributed by atoms with E-state index in [0.717, 1.165) is 17.3 Å². The number of carbonyl (C=O) groups excluding carboxylic acids is 1. The highest BCUT2D eigenvalue weighted by Gasteiger charge is 2.32. The fourth-order valence-corrected chi connectivity index (χ4v) is 4.56. The summed E-state index contributed by atoms with van der Waals surface area (Å²) in [6, 6.07) is 5.92. The lowest BCUT2D eigenvalue weighted by Gasteiger charge is -2.24. The van der Waals surface area contributed by atoms with Gasteiger partial charge in [-0.1, -0.05) is 12.1 Å². The summed E-state index contributed by atoms with van der Waals surface area (Å²) >= 11 is 4.55. The standard InChI is InChI=1S/C20H19BrFN5O2S/c21-13-8-23-20(24-9-13)25-10-15-2-1-7-27(15)19(29)17-18(30-16(11-28)26-17)12-3-5-14(22)6-4-12/h3-6,8-9,15,28H,1-2,7,10-11H2,(H,23,24,25)/t15-/m0/s1. The average Bonchev–Trinajstić information content (AvgIpc) is 3.40. The van der Waals surface area contributed by atoms with Crippen LogP contribution in [0.3, 0.4) is 0 Å². The summed E-state index contributed by atoms with van der Waals surface area (Å²) in [6.45, 7) is 0.898. The highest BCUT2D eigenvalue weighted by atomic mass is 79.9. The molecule has 4 rings (SSSR count). The minimum Gasteiger partial charge on any atom is -0.389 e. The summed E-state index contributed by atoms with van der Waals surface area (Å²) in [4.78, 5) is 28.6. The Morgan fingerprint density at radius 1 is 1.30 bits per heavy atom. The molecule has 156 valence electrons. The normalized spacial score (nSPS) is 16.1. The predicted octanol–water partition coefficient (Wildman–Crippen LogP) is 3.71. The first-order valence-corrected chi connectivity index (χ1v) is 11.0. The van der Waals surface area contributed by atoms with Gasteiger partial charge in [0.05, 0.1) is 16.0 Å². The van der Waals surface area contributed by atoms with Gasteiger partial charge in [-0.15, -0.1) is 11.3 Å². The third-order valence-corrected chi connectivity index (χ3v) is 6.37. The summed E-state index contributed by atoms with van der Waals surface area (Å²) in [7, 11) is 0. The Kier molecular flexibility index (Phi) is 6.35. The van der Waals surface area contributed by atoms with Crippen molar-refractivity contribution >= 4 is 39.1 Å². The van der Waals surface area contributed by atoms with E-state index >= 15 is 0 Å². The topological polar surface area (TPSA) is 91.2 Å². The number of carbonyl (C=O) groups is 1. The minimum atomic E-state index is -0.348. The zero-order valence-corrected chi connectivity index (χ0v) is 18.3. The van der Waals surface area contributed by atoms with Crippen LogP contribution in [0, 0.1) is 5.82 Å². The van der Waals surface area contributed by atoms with E-state index in [-0.39, 0.29) is 24.4 Å². The molecule has 10 heteroatoms. The van der Waals surface area contributed by atoms with Crippen LogP contribution in [0.1, 0.15) is 28.3 Å². The number of nitrogens with one attached hydrogen (secondary N) is 1. The summed E-state index contributed by atoms with van der Waals surface area (Å²) in [6.07, 6.45) is 5.07. The molecule has 1 aromatic carbocycles. The number of hydrogen-bond donors (Lipinski definition) is 2. The van der Waals surface area contributed by atoms with Gasteiger partial charge in [-0.3, -0.25) is 4.79 Å². The van der Waals surface area contributed by atoms with Gasteiger partial charge in [0, 0.05) is 31.5 Å². The van der Waals surface area contributed by atoms with Gasteiger partial charge in [-0.25, -0.2) is 19.3 Å². The number of aliphatic hydroxyl groups excluding tert-OH is 1. The van der Waals surface area contributed by atoms with Crippen molar-refractivity contribution in [3.63, 3.8) is 0 Å². The predicted molar refractivity (Wildman–Crippen MR) is 116 cm³/mol. The number of anilines is 1. The number of nitrogens with zero attached hydrogens (tertiary/aromatic N) is 4. The van der Waals surface area contributed by atoms with Crippen LogP contribution in [-0.4, -0.2) is 50.0 Å². The lowest BCUT2D eigenvalue weighted by atomic mass is 10.1. The summed E-state index contributed by atoms with van der Waals surface area (Å²) < 4.78 is 14.1. The molecule has 3 heterocycles. The van der Waals surface area contributed by atoms with Gasteiger partial charge in [-0.05, 0) is 46.5 Å². The van der Waals surface area contributed by atoms with E-state index in [0.29, 0.717) is 40.2 Å². The molecular formula is C20H19BrFN5O2S. The van der Waals surface area contributed by atoms with Crippen molar-refractivity contribution in [1.29, 1.82) is 0 Å². The first kappa shape index (κ1) is 20.8. The number of thiazole rings is 1. The molecule has 2 aromatic heterocycles. The highest BCUT2D eigenvalue weighted by molar-refractivity contribution is 9.10. The number of aliphatic hydroxyl groups is 1. The Hall–Kier alpha value is -2.43. The SMILES string of the molecule is O=C(c1nc(CO)sc1-c1ccc(F)cc1)N1CCC[C@H]1CNc1ncc(Br)cn1. The second-order valence-corrected chi connectivity index (χ2v) is 8.85. The van der Waals surface area contributed by atoms with Gasteiger partial charge in [-0.2, -0.15) is 0 Å². The molecular weight excluding hydrogens is 473 g/mol. The van der Waals surface area contributed by atoms with Gasteiger partial charge >= 0.3 is 0 Å². The molecule has 1 fully saturated rings. The summed E-state index contributed by atoms with van der Waals surface area (Å²) in [5.74, 6) is -0.0357. The molecule has 1 aliphatic heterocycles. The number of amides is 1. The lowest BCUT2D eigenvalue weighted by molar-refractivity contribution is 0.0739. The third-order valence-electron chi connectivity index (χ3n) is 4.87. The first-order valence-electron chi connectivity index (χ1n) is 9.44. The van der Waals surface area contributed by atoms with E-state index in [1.807, 2.05) is 0 Å². The Bertz CT molecular complexity index is 1030. The van der Waals surface area contributed by atoms with E-state index in [2.05, 4.69) is 36.2 Å². The van der Waals surface area contributed by atoms with Crippen LogP contribution in [0.5, 0.6) is 0 Å². The molecule has 1 atom stereocenters. The number of benzene rings is 1. The quantitative estimate of drug-likeness (QED) is 0.546. The van der Waals surface area contributed by atoms with Crippen molar-refractivity contribution in [1.82, 2.24) is 19.9 Å². The molecule has 0 aliphatic carbocycles. The number of hydrogen-bond acceptors (Lipinski definition) is 7. The van der Waals surface area contributed by atoms with Crippen LogP contribution < -0.4 is 5.32 Å². The zero-order chi connectivity index (χ0) is 21.1. The van der Waals surface area contributed by atoms with Gasteiger partial charge in [0.15, 0.2) is 0 Å².